The topological polar surface area (TPSA) is 105 Å². The zero-order valence-corrected chi connectivity index (χ0v) is 13.7. The van der Waals surface area contributed by atoms with Crippen molar-refractivity contribution < 1.29 is 19.2 Å². The second-order valence-electron chi connectivity index (χ2n) is 4.59. The van der Waals surface area contributed by atoms with Crippen molar-refractivity contribution in [3.05, 3.63) is 62.1 Å². The number of hydrogen-bond donors (Lipinski definition) is 1. The number of hydrogen-bond acceptors (Lipinski definition) is 6. The summed E-state index contributed by atoms with van der Waals surface area (Å²) in [5.74, 6) is -0.316. The summed E-state index contributed by atoms with van der Waals surface area (Å²) in [6.45, 7) is 0.000120. The molecule has 0 bridgehead atoms. The average Bonchev–Trinajstić information content (AvgIpc) is 2.53. The molecule has 0 saturated heterocycles. The Morgan fingerprint density at radius 1 is 1.17 bits per heavy atom. The first kappa shape index (κ1) is 17.8. The van der Waals surface area contributed by atoms with Gasteiger partial charge in [-0.2, -0.15) is 0 Å². The second-order valence-corrected chi connectivity index (χ2v) is 5.43. The summed E-state index contributed by atoms with van der Waals surface area (Å²) in [4.78, 5) is 22.0. The Balaban J connectivity index is 1.89. The van der Waals surface area contributed by atoms with Crippen LogP contribution in [0.25, 0.3) is 0 Å². The molecule has 2 rings (SSSR count). The Hall–Kier alpha value is -2.51. The van der Waals surface area contributed by atoms with Crippen molar-refractivity contribution in [3.8, 4) is 5.75 Å². The lowest BCUT2D eigenvalue weighted by Crippen LogP contribution is -2.13. The van der Waals surface area contributed by atoms with Crippen LogP contribution in [-0.2, 0) is 4.74 Å². The predicted molar refractivity (Wildman–Crippen MR) is 89.7 cm³/mol. The molecule has 0 atom stereocenters. The highest BCUT2D eigenvalue weighted by atomic mass is 35.5. The molecule has 2 aromatic carbocycles. The average molecular weight is 371 g/mol. The van der Waals surface area contributed by atoms with Gasteiger partial charge in [-0.25, -0.2) is 4.79 Å². The highest BCUT2D eigenvalue weighted by Gasteiger charge is 2.16. The quantitative estimate of drug-likeness (QED) is 0.273. The molecule has 0 fully saturated rings. The molecule has 0 radical (unpaired) electrons. The molecule has 0 aliphatic carbocycles. The molecule has 7 nitrogen and oxygen atoms in total. The molecule has 0 aliphatic heterocycles. The first-order valence-electron chi connectivity index (χ1n) is 6.67. The lowest BCUT2D eigenvalue weighted by atomic mass is 10.2. The maximum absolute atomic E-state index is 11.9. The van der Waals surface area contributed by atoms with Crippen LogP contribution in [0.2, 0.25) is 10.0 Å². The van der Waals surface area contributed by atoms with Gasteiger partial charge in [0.15, 0.2) is 0 Å². The Bertz CT molecular complexity index is 782. The molecular formula is C15H12Cl2N2O5. The molecule has 9 heteroatoms. The summed E-state index contributed by atoms with van der Waals surface area (Å²) < 4.78 is 10.4. The highest BCUT2D eigenvalue weighted by molar-refractivity contribution is 6.35. The summed E-state index contributed by atoms with van der Waals surface area (Å²) in [6, 6.07) is 8.42. The number of rotatable bonds is 6. The van der Waals surface area contributed by atoms with Gasteiger partial charge in [0.1, 0.15) is 24.7 Å². The van der Waals surface area contributed by atoms with Crippen LogP contribution in [0.1, 0.15) is 10.4 Å². The van der Waals surface area contributed by atoms with Gasteiger partial charge in [0.25, 0.3) is 5.69 Å². The fraction of sp³-hybridized carbons (Fsp3) is 0.133. The molecule has 24 heavy (non-hydrogen) atoms. The number of nitro groups is 1. The Kier molecular flexibility index (Phi) is 5.83. The third-order valence-electron chi connectivity index (χ3n) is 2.93. The van der Waals surface area contributed by atoms with E-state index in [9.17, 15) is 14.9 Å². The predicted octanol–water partition coefficient (Wildman–Crippen LogP) is 3.72. The number of halogens is 2. The third-order valence-corrected chi connectivity index (χ3v) is 3.46. The van der Waals surface area contributed by atoms with Gasteiger partial charge in [0.05, 0.1) is 15.5 Å². The number of anilines is 1. The zero-order valence-electron chi connectivity index (χ0n) is 12.2. The summed E-state index contributed by atoms with van der Waals surface area (Å²) >= 11 is 11.7. The van der Waals surface area contributed by atoms with E-state index in [-0.39, 0.29) is 30.2 Å². The Labute approximate surface area is 147 Å². The lowest BCUT2D eigenvalue weighted by molar-refractivity contribution is -0.383. The fourth-order valence-electron chi connectivity index (χ4n) is 1.79. The van der Waals surface area contributed by atoms with Crippen LogP contribution in [0.15, 0.2) is 36.4 Å². The molecule has 0 spiro atoms. The molecule has 0 saturated carbocycles. The van der Waals surface area contributed by atoms with Crippen molar-refractivity contribution in [1.29, 1.82) is 0 Å². The number of carbonyl (C=O) groups excluding carboxylic acids is 1. The lowest BCUT2D eigenvalue weighted by Gasteiger charge is -2.09. The molecule has 126 valence electrons. The second kappa shape index (κ2) is 7.85. The number of nitrogens with zero attached hydrogens (tertiary/aromatic N) is 1. The normalized spacial score (nSPS) is 10.2. The third kappa shape index (κ3) is 4.50. The number of nitro benzene ring substituents is 1. The van der Waals surface area contributed by atoms with Gasteiger partial charge in [0, 0.05) is 11.1 Å². The van der Waals surface area contributed by atoms with Gasteiger partial charge in [-0.05, 0) is 30.3 Å². The van der Waals surface area contributed by atoms with Crippen molar-refractivity contribution in [2.24, 2.45) is 0 Å². The molecule has 0 heterocycles. The summed E-state index contributed by atoms with van der Waals surface area (Å²) in [5.41, 5.74) is 5.11. The number of carbonyl (C=O) groups is 1. The maximum atomic E-state index is 11.9. The summed E-state index contributed by atoms with van der Waals surface area (Å²) in [6.07, 6.45) is 0. The zero-order chi connectivity index (χ0) is 17.7. The Morgan fingerprint density at radius 2 is 1.92 bits per heavy atom. The first-order chi connectivity index (χ1) is 11.4. The molecule has 2 N–H and O–H groups in total. The maximum Gasteiger partial charge on any atom is 0.338 e. The van der Waals surface area contributed by atoms with E-state index < -0.39 is 10.9 Å². The SMILES string of the molecule is Nc1ccc(C(=O)OCCOc2ccc(Cl)cc2Cl)cc1[N+](=O)[O-]. The minimum absolute atomic E-state index is 0.0282. The highest BCUT2D eigenvalue weighted by Crippen LogP contribution is 2.27. The van der Waals surface area contributed by atoms with E-state index in [0.717, 1.165) is 6.07 Å². The van der Waals surface area contributed by atoms with E-state index in [0.29, 0.717) is 15.8 Å². The van der Waals surface area contributed by atoms with E-state index in [1.54, 1.807) is 12.1 Å². The molecule has 0 amide bonds. The van der Waals surface area contributed by atoms with Gasteiger partial charge >= 0.3 is 5.97 Å². The van der Waals surface area contributed by atoms with Crippen LogP contribution in [0.4, 0.5) is 11.4 Å². The summed E-state index contributed by atoms with van der Waals surface area (Å²) in [5, 5.41) is 11.6. The van der Waals surface area contributed by atoms with Crippen LogP contribution in [0, 0.1) is 10.1 Å². The first-order valence-corrected chi connectivity index (χ1v) is 7.43. The smallest absolute Gasteiger partial charge is 0.338 e. The molecule has 0 aromatic heterocycles. The molecule has 2 aromatic rings. The van der Waals surface area contributed by atoms with Gasteiger partial charge in [-0.3, -0.25) is 10.1 Å². The molecular weight excluding hydrogens is 359 g/mol. The standard InChI is InChI=1S/C15H12Cl2N2O5/c16-10-2-4-14(11(17)8-10)23-5-6-24-15(20)9-1-3-12(18)13(7-9)19(21)22/h1-4,7-8H,5-6,18H2. The van der Waals surface area contributed by atoms with Crippen LogP contribution < -0.4 is 10.5 Å². The van der Waals surface area contributed by atoms with E-state index in [1.165, 1.54) is 18.2 Å². The van der Waals surface area contributed by atoms with Crippen molar-refractivity contribution in [1.82, 2.24) is 0 Å². The molecule has 0 aliphatic rings. The minimum atomic E-state index is -0.719. The number of esters is 1. The van der Waals surface area contributed by atoms with Crippen molar-refractivity contribution in [3.63, 3.8) is 0 Å². The van der Waals surface area contributed by atoms with Crippen LogP contribution in [0.5, 0.6) is 5.75 Å². The van der Waals surface area contributed by atoms with Crippen molar-refractivity contribution in [2.75, 3.05) is 18.9 Å². The number of benzene rings is 2. The number of nitrogen functional groups attached to an aromatic ring is 1. The van der Waals surface area contributed by atoms with Gasteiger partial charge in [-0.1, -0.05) is 23.2 Å². The van der Waals surface area contributed by atoms with Crippen LogP contribution in [0.3, 0.4) is 0 Å². The van der Waals surface area contributed by atoms with E-state index in [4.69, 9.17) is 38.4 Å². The van der Waals surface area contributed by atoms with E-state index >= 15 is 0 Å². The largest absolute Gasteiger partial charge is 0.488 e. The van der Waals surface area contributed by atoms with Crippen LogP contribution in [-0.4, -0.2) is 24.1 Å². The van der Waals surface area contributed by atoms with Gasteiger partial charge < -0.3 is 15.2 Å². The number of ether oxygens (including phenoxy) is 2. The van der Waals surface area contributed by atoms with E-state index in [1.807, 2.05) is 0 Å². The monoisotopic (exact) mass is 370 g/mol. The van der Waals surface area contributed by atoms with Crippen LogP contribution >= 0.6 is 23.2 Å². The fourth-order valence-corrected chi connectivity index (χ4v) is 2.25. The molecule has 0 unspecified atom stereocenters. The summed E-state index contributed by atoms with van der Waals surface area (Å²) in [7, 11) is 0. The van der Waals surface area contributed by atoms with E-state index in [2.05, 4.69) is 0 Å². The van der Waals surface area contributed by atoms with Gasteiger partial charge in [0.2, 0.25) is 0 Å². The van der Waals surface area contributed by atoms with Gasteiger partial charge in [-0.15, -0.1) is 0 Å². The minimum Gasteiger partial charge on any atom is -0.488 e. The number of nitrogens with two attached hydrogens (primary N) is 1. The van der Waals surface area contributed by atoms with Crippen molar-refractivity contribution in [2.45, 2.75) is 0 Å². The Morgan fingerprint density at radius 3 is 2.58 bits per heavy atom. The van der Waals surface area contributed by atoms with Crippen molar-refractivity contribution >= 4 is 40.5 Å².